The smallest absolute Gasteiger partial charge is 0.339 e. The fraction of sp³-hybridized carbons (Fsp3) is 0.154. The van der Waals surface area contributed by atoms with Crippen LogP contribution in [0.1, 0.15) is 21.5 Å². The first-order chi connectivity index (χ1) is 17.7. The van der Waals surface area contributed by atoms with Gasteiger partial charge < -0.3 is 15.2 Å². The van der Waals surface area contributed by atoms with Gasteiger partial charge in [0.1, 0.15) is 5.75 Å². The number of anilines is 1. The molecule has 0 aliphatic rings. The summed E-state index contributed by atoms with van der Waals surface area (Å²) in [7, 11) is 1.26. The van der Waals surface area contributed by atoms with E-state index in [1.807, 2.05) is 36.6 Å². The highest BCUT2D eigenvalue weighted by Gasteiger charge is 2.21. The van der Waals surface area contributed by atoms with Crippen LogP contribution < -0.4 is 5.32 Å². The highest BCUT2D eigenvalue weighted by molar-refractivity contribution is 9.10. The Morgan fingerprint density at radius 3 is 2.62 bits per heavy atom. The molecule has 2 N–H and O–H groups in total. The van der Waals surface area contributed by atoms with Gasteiger partial charge in [-0.3, -0.25) is 9.36 Å². The molecule has 11 heteroatoms. The predicted octanol–water partition coefficient (Wildman–Crippen LogP) is 6.19. The average Bonchev–Trinajstić information content (AvgIpc) is 3.28. The number of halogens is 2. The third-order valence-electron chi connectivity index (χ3n) is 5.41. The number of nitrogens with zero attached hydrogens (tertiary/aromatic N) is 3. The summed E-state index contributed by atoms with van der Waals surface area (Å²) >= 11 is 10.7. The Labute approximate surface area is 231 Å². The van der Waals surface area contributed by atoms with E-state index < -0.39 is 5.97 Å². The second-order valence-corrected chi connectivity index (χ2v) is 10.4. The van der Waals surface area contributed by atoms with Crippen LogP contribution in [0.5, 0.6) is 5.75 Å². The Morgan fingerprint density at radius 2 is 1.89 bits per heavy atom. The van der Waals surface area contributed by atoms with Crippen molar-refractivity contribution < 1.29 is 19.4 Å². The summed E-state index contributed by atoms with van der Waals surface area (Å²) in [5, 5.41) is 22.7. The van der Waals surface area contributed by atoms with Crippen LogP contribution in [-0.4, -0.2) is 44.6 Å². The van der Waals surface area contributed by atoms with Crippen LogP contribution in [0.4, 0.5) is 5.69 Å². The summed E-state index contributed by atoms with van der Waals surface area (Å²) < 4.78 is 7.33. The van der Waals surface area contributed by atoms with Crippen LogP contribution in [0.3, 0.4) is 0 Å². The molecule has 0 saturated carbocycles. The summed E-state index contributed by atoms with van der Waals surface area (Å²) in [6, 6.07) is 15.6. The molecule has 190 valence electrons. The lowest BCUT2D eigenvalue weighted by atomic mass is 10.1. The number of amides is 1. The molecule has 0 saturated heterocycles. The lowest BCUT2D eigenvalue weighted by molar-refractivity contribution is -0.113. The van der Waals surface area contributed by atoms with Crippen LogP contribution in [0, 0.1) is 13.8 Å². The Balaban J connectivity index is 1.64. The van der Waals surface area contributed by atoms with Crippen molar-refractivity contribution >= 4 is 56.9 Å². The van der Waals surface area contributed by atoms with Crippen LogP contribution in [-0.2, 0) is 9.53 Å². The van der Waals surface area contributed by atoms with Crippen molar-refractivity contribution in [2.45, 2.75) is 19.0 Å². The lowest BCUT2D eigenvalue weighted by Gasteiger charge is -2.14. The number of thioether (sulfide) groups is 1. The number of aromatic hydroxyl groups is 1. The van der Waals surface area contributed by atoms with Gasteiger partial charge in [-0.15, -0.1) is 10.2 Å². The molecule has 0 aliphatic carbocycles. The quantitative estimate of drug-likeness (QED) is 0.192. The normalized spacial score (nSPS) is 10.8. The highest BCUT2D eigenvalue weighted by atomic mass is 79.9. The fourth-order valence-corrected chi connectivity index (χ4v) is 5.00. The number of phenols is 1. The first-order valence-corrected chi connectivity index (χ1v) is 13.2. The summed E-state index contributed by atoms with van der Waals surface area (Å²) in [5.74, 6) is -0.399. The molecule has 0 bridgehead atoms. The molecule has 4 aromatic rings. The van der Waals surface area contributed by atoms with Crippen molar-refractivity contribution in [3.05, 3.63) is 80.8 Å². The van der Waals surface area contributed by atoms with Gasteiger partial charge in [0.15, 0.2) is 11.0 Å². The van der Waals surface area contributed by atoms with E-state index in [2.05, 4.69) is 31.4 Å². The monoisotopic (exact) mass is 600 g/mol. The molecule has 0 radical (unpaired) electrons. The Kier molecular flexibility index (Phi) is 8.21. The second kappa shape index (κ2) is 11.4. The Bertz CT molecular complexity index is 1510. The van der Waals surface area contributed by atoms with Crippen molar-refractivity contribution in [3.8, 4) is 22.8 Å². The van der Waals surface area contributed by atoms with Gasteiger partial charge in [0.25, 0.3) is 0 Å². The summed E-state index contributed by atoms with van der Waals surface area (Å²) in [5.41, 5.74) is 3.97. The highest BCUT2D eigenvalue weighted by Crippen LogP contribution is 2.35. The van der Waals surface area contributed by atoms with Gasteiger partial charge in [0.05, 0.1) is 34.7 Å². The van der Waals surface area contributed by atoms with E-state index in [-0.39, 0.29) is 28.0 Å². The number of hydrogen-bond acceptors (Lipinski definition) is 7. The number of methoxy groups -OCH3 is 1. The lowest BCUT2D eigenvalue weighted by Crippen LogP contribution is -2.15. The maximum atomic E-state index is 12.8. The molecule has 0 unspecified atom stereocenters. The van der Waals surface area contributed by atoms with E-state index in [0.717, 1.165) is 21.3 Å². The average molecular weight is 602 g/mol. The molecule has 0 atom stereocenters. The molecule has 1 heterocycles. The van der Waals surface area contributed by atoms with Crippen molar-refractivity contribution in [2.75, 3.05) is 18.2 Å². The van der Waals surface area contributed by atoms with Crippen molar-refractivity contribution in [2.24, 2.45) is 0 Å². The van der Waals surface area contributed by atoms with E-state index in [4.69, 9.17) is 16.3 Å². The topological polar surface area (TPSA) is 106 Å². The minimum absolute atomic E-state index is 0.0176. The predicted molar refractivity (Wildman–Crippen MR) is 148 cm³/mol. The molecular weight excluding hydrogens is 580 g/mol. The maximum absolute atomic E-state index is 12.8. The number of esters is 1. The van der Waals surface area contributed by atoms with Crippen LogP contribution >= 0.6 is 39.3 Å². The number of phenolic OH excluding ortho intramolecular Hbond substituents is 1. The molecule has 0 aliphatic heterocycles. The van der Waals surface area contributed by atoms with Crippen LogP contribution in [0.2, 0.25) is 5.02 Å². The third kappa shape index (κ3) is 5.98. The second-order valence-electron chi connectivity index (χ2n) is 8.12. The molecule has 37 heavy (non-hydrogen) atoms. The first-order valence-electron chi connectivity index (χ1n) is 11.0. The molecule has 3 aromatic carbocycles. The number of aromatic nitrogens is 3. The minimum Gasteiger partial charge on any atom is -0.507 e. The standard InChI is InChI=1S/C26H22BrClN4O4S/c1-14-4-8-21(15(2)10-14)32-24(19-11-16(27)5-9-22(19)33)30-31-26(32)37-13-23(34)29-17-6-7-20(28)18(12-17)25(35)36-3/h4-12,33H,13H2,1-3H3,(H,29,34). The van der Waals surface area contributed by atoms with E-state index in [0.29, 0.717) is 22.2 Å². The van der Waals surface area contributed by atoms with Crippen molar-refractivity contribution in [1.29, 1.82) is 0 Å². The summed E-state index contributed by atoms with van der Waals surface area (Å²) in [4.78, 5) is 24.7. The van der Waals surface area contributed by atoms with E-state index in [9.17, 15) is 14.7 Å². The number of carbonyl (C=O) groups is 2. The van der Waals surface area contributed by atoms with E-state index in [1.165, 1.54) is 31.0 Å². The molecular formula is C26H22BrClN4O4S. The third-order valence-corrected chi connectivity index (χ3v) is 7.17. The summed E-state index contributed by atoms with van der Waals surface area (Å²) in [6.45, 7) is 3.99. The zero-order valence-electron chi connectivity index (χ0n) is 20.1. The van der Waals surface area contributed by atoms with Crippen molar-refractivity contribution in [3.63, 3.8) is 0 Å². The van der Waals surface area contributed by atoms with Gasteiger partial charge in [-0.1, -0.05) is 57.0 Å². The number of nitrogens with one attached hydrogen (secondary N) is 1. The van der Waals surface area contributed by atoms with Crippen LogP contribution in [0.15, 0.2) is 64.2 Å². The summed E-state index contributed by atoms with van der Waals surface area (Å²) in [6.07, 6.45) is 0. The van der Waals surface area contributed by atoms with Gasteiger partial charge in [-0.2, -0.15) is 0 Å². The molecule has 1 amide bonds. The molecule has 0 fully saturated rings. The van der Waals surface area contributed by atoms with Gasteiger partial charge in [-0.25, -0.2) is 4.79 Å². The SMILES string of the molecule is COC(=O)c1cc(NC(=O)CSc2nnc(-c3cc(Br)ccc3O)n2-c2ccc(C)cc2C)ccc1Cl. The van der Waals surface area contributed by atoms with Crippen LogP contribution in [0.25, 0.3) is 17.1 Å². The fourth-order valence-electron chi connectivity index (χ4n) is 3.70. The van der Waals surface area contributed by atoms with Gasteiger partial charge in [0, 0.05) is 10.2 Å². The zero-order valence-corrected chi connectivity index (χ0v) is 23.2. The van der Waals surface area contributed by atoms with Gasteiger partial charge in [-0.05, 0) is 61.9 Å². The number of hydrogen-bond donors (Lipinski definition) is 2. The van der Waals surface area contributed by atoms with E-state index in [1.54, 1.807) is 24.3 Å². The molecule has 0 spiro atoms. The number of benzene rings is 3. The Morgan fingerprint density at radius 1 is 1.11 bits per heavy atom. The Hall–Kier alpha value is -3.34. The molecule has 4 rings (SSSR count). The number of carbonyl (C=O) groups excluding carboxylic acids is 2. The number of ether oxygens (including phenoxy) is 1. The van der Waals surface area contributed by atoms with Gasteiger partial charge in [0.2, 0.25) is 5.91 Å². The zero-order chi connectivity index (χ0) is 26.7. The van der Waals surface area contributed by atoms with Gasteiger partial charge >= 0.3 is 5.97 Å². The number of aryl methyl sites for hydroxylation is 2. The van der Waals surface area contributed by atoms with E-state index >= 15 is 0 Å². The van der Waals surface area contributed by atoms with Crippen molar-refractivity contribution in [1.82, 2.24) is 14.8 Å². The molecule has 1 aromatic heterocycles. The number of rotatable bonds is 7. The molecule has 8 nitrogen and oxygen atoms in total. The largest absolute Gasteiger partial charge is 0.507 e. The minimum atomic E-state index is -0.597. The first kappa shape index (κ1) is 26.7. The maximum Gasteiger partial charge on any atom is 0.339 e.